The molecular formula is C26H27ClN4O4. The molecule has 2 aromatic carbocycles. The third kappa shape index (κ3) is 4.74. The van der Waals surface area contributed by atoms with Crippen molar-refractivity contribution < 1.29 is 19.0 Å². The molecule has 0 bridgehead atoms. The first-order valence-corrected chi connectivity index (χ1v) is 11.6. The highest BCUT2D eigenvalue weighted by atomic mass is 35.5. The molecule has 0 aliphatic heterocycles. The molecule has 0 amide bonds. The van der Waals surface area contributed by atoms with Gasteiger partial charge in [-0.2, -0.15) is 14.6 Å². The lowest BCUT2D eigenvalue weighted by atomic mass is 10.0. The summed E-state index contributed by atoms with van der Waals surface area (Å²) < 4.78 is 19.9. The Balaban J connectivity index is 1.62. The maximum Gasteiger partial charge on any atom is 0.341 e. The van der Waals surface area contributed by atoms with Crippen LogP contribution in [-0.2, 0) is 27.4 Å². The number of esters is 1. The van der Waals surface area contributed by atoms with Gasteiger partial charge in [0.2, 0.25) is 5.78 Å². The van der Waals surface area contributed by atoms with Gasteiger partial charge in [-0.25, -0.2) is 4.79 Å². The third-order valence-corrected chi connectivity index (χ3v) is 6.00. The van der Waals surface area contributed by atoms with Gasteiger partial charge in [-0.1, -0.05) is 42.8 Å². The van der Waals surface area contributed by atoms with Crippen LogP contribution in [0.25, 0.3) is 22.6 Å². The Hall–Kier alpha value is -3.78. The number of halogens is 1. The van der Waals surface area contributed by atoms with Crippen LogP contribution in [0.2, 0.25) is 5.15 Å². The largest absolute Gasteiger partial charge is 0.503 e. The van der Waals surface area contributed by atoms with Crippen LogP contribution in [0.1, 0.15) is 30.0 Å². The molecule has 0 unspecified atom stereocenters. The highest BCUT2D eigenvalue weighted by Crippen LogP contribution is 2.35. The van der Waals surface area contributed by atoms with Crippen LogP contribution in [0.15, 0.2) is 55.1 Å². The number of hydrogen-bond acceptors (Lipinski definition) is 6. The van der Waals surface area contributed by atoms with Crippen molar-refractivity contribution in [1.29, 1.82) is 0 Å². The summed E-state index contributed by atoms with van der Waals surface area (Å²) in [6.07, 6.45) is 3.82. The highest BCUT2D eigenvalue weighted by Gasteiger charge is 2.21. The van der Waals surface area contributed by atoms with Gasteiger partial charge in [-0.3, -0.25) is 0 Å². The zero-order valence-corrected chi connectivity index (χ0v) is 20.9. The lowest BCUT2D eigenvalue weighted by molar-refractivity contribution is -0.133. The number of imidazole rings is 1. The lowest BCUT2D eigenvalue weighted by Gasteiger charge is -2.15. The fourth-order valence-electron chi connectivity index (χ4n) is 4.07. The van der Waals surface area contributed by atoms with E-state index in [2.05, 4.69) is 21.6 Å². The number of nitrogens with zero attached hydrogens (tertiary/aromatic N) is 4. The summed E-state index contributed by atoms with van der Waals surface area (Å²) in [5.41, 5.74) is 4.71. The van der Waals surface area contributed by atoms with Crippen LogP contribution in [0.3, 0.4) is 0 Å². The van der Waals surface area contributed by atoms with Crippen LogP contribution < -0.4 is 4.74 Å². The van der Waals surface area contributed by atoms with Crippen LogP contribution in [0.4, 0.5) is 0 Å². The van der Waals surface area contributed by atoms with Crippen LogP contribution >= 0.6 is 11.6 Å². The summed E-state index contributed by atoms with van der Waals surface area (Å²) in [5.74, 6) is 0.935. The Morgan fingerprint density at radius 1 is 1.17 bits per heavy atom. The fraction of sp³-hybridized carbons (Fsp3) is 0.269. The molecule has 9 heteroatoms. The van der Waals surface area contributed by atoms with E-state index in [1.165, 1.54) is 26.8 Å². The van der Waals surface area contributed by atoms with Gasteiger partial charge in [0.05, 0.1) is 26.2 Å². The lowest BCUT2D eigenvalue weighted by Crippen LogP contribution is -2.08. The molecule has 182 valence electrons. The molecule has 0 radical (unpaired) electrons. The Kier molecular flexibility index (Phi) is 7.41. The highest BCUT2D eigenvalue weighted by molar-refractivity contribution is 6.32. The van der Waals surface area contributed by atoms with E-state index in [0.29, 0.717) is 27.8 Å². The minimum atomic E-state index is -0.479. The predicted octanol–water partition coefficient (Wildman–Crippen LogP) is 5.31. The van der Waals surface area contributed by atoms with Gasteiger partial charge >= 0.3 is 5.97 Å². The third-order valence-electron chi connectivity index (χ3n) is 5.67. The van der Waals surface area contributed by atoms with E-state index in [1.54, 1.807) is 4.52 Å². The normalized spacial score (nSPS) is 11.6. The fourth-order valence-corrected chi connectivity index (χ4v) is 4.40. The Bertz CT molecular complexity index is 1390. The monoisotopic (exact) mass is 494 g/mol. The number of ether oxygens (including phenoxy) is 3. The van der Waals surface area contributed by atoms with E-state index in [1.807, 2.05) is 49.4 Å². The van der Waals surface area contributed by atoms with Crippen LogP contribution in [0, 0.1) is 6.92 Å². The number of carbonyl (C=O) groups excluding carboxylic acids is 1. The van der Waals surface area contributed by atoms with Crippen molar-refractivity contribution in [2.75, 3.05) is 14.2 Å². The second kappa shape index (κ2) is 10.7. The average molecular weight is 495 g/mol. The van der Waals surface area contributed by atoms with Crippen molar-refractivity contribution in [1.82, 2.24) is 19.2 Å². The van der Waals surface area contributed by atoms with Crippen molar-refractivity contribution in [2.24, 2.45) is 0 Å². The van der Waals surface area contributed by atoms with Gasteiger partial charge in [-0.05, 0) is 48.2 Å². The van der Waals surface area contributed by atoms with Gasteiger partial charge in [0.25, 0.3) is 0 Å². The summed E-state index contributed by atoms with van der Waals surface area (Å²) in [6.45, 7) is 5.16. The molecule has 0 fully saturated rings. The molecule has 0 N–H and O–H groups in total. The van der Waals surface area contributed by atoms with Gasteiger partial charge in [0.1, 0.15) is 24.3 Å². The zero-order valence-electron chi connectivity index (χ0n) is 20.1. The van der Waals surface area contributed by atoms with E-state index in [4.69, 9.17) is 25.8 Å². The standard InChI is InChI=1S/C26H27ClN4O4/c1-5-12-30-23(24(27)31-26(30)28-16-29-31)20-11-10-19(13-17(20)2)35-14-18-8-6-7-9-21(18)22(15-33-3)25(32)34-4/h6-11,13,15-16H,5,12,14H2,1-4H3/b22-15-. The molecule has 2 aromatic heterocycles. The number of benzene rings is 2. The van der Waals surface area contributed by atoms with Gasteiger partial charge in [0.15, 0.2) is 5.15 Å². The summed E-state index contributed by atoms with van der Waals surface area (Å²) in [4.78, 5) is 16.6. The first-order chi connectivity index (χ1) is 17.0. The summed E-state index contributed by atoms with van der Waals surface area (Å²) in [7, 11) is 2.83. The van der Waals surface area contributed by atoms with E-state index in [9.17, 15) is 4.79 Å². The van der Waals surface area contributed by atoms with Crippen LogP contribution in [0.5, 0.6) is 5.75 Å². The number of hydrogen-bond donors (Lipinski definition) is 0. The number of fused-ring (bicyclic) bond motifs is 1. The molecule has 4 aromatic rings. The molecule has 0 saturated carbocycles. The van der Waals surface area contributed by atoms with Gasteiger partial charge in [-0.15, -0.1) is 0 Å². The maximum absolute atomic E-state index is 12.3. The molecule has 0 aliphatic rings. The van der Waals surface area contributed by atoms with E-state index in [0.717, 1.165) is 35.3 Å². The van der Waals surface area contributed by atoms with E-state index < -0.39 is 5.97 Å². The van der Waals surface area contributed by atoms with Gasteiger partial charge in [0, 0.05) is 12.1 Å². The van der Waals surface area contributed by atoms with Crippen molar-refractivity contribution in [3.05, 3.63) is 76.9 Å². The molecule has 8 nitrogen and oxygen atoms in total. The minimum absolute atomic E-state index is 0.262. The topological polar surface area (TPSA) is 79.9 Å². The minimum Gasteiger partial charge on any atom is -0.503 e. The second-order valence-electron chi connectivity index (χ2n) is 7.94. The molecule has 0 atom stereocenters. The number of carbonyl (C=O) groups is 1. The smallest absolute Gasteiger partial charge is 0.341 e. The Morgan fingerprint density at radius 2 is 1.97 bits per heavy atom. The van der Waals surface area contributed by atoms with Gasteiger partial charge < -0.3 is 18.8 Å². The maximum atomic E-state index is 12.3. The first kappa shape index (κ1) is 24.3. The number of rotatable bonds is 9. The summed E-state index contributed by atoms with van der Waals surface area (Å²) in [6, 6.07) is 13.4. The zero-order chi connectivity index (χ0) is 24.9. The molecule has 0 spiro atoms. The van der Waals surface area contributed by atoms with E-state index >= 15 is 0 Å². The molecule has 35 heavy (non-hydrogen) atoms. The summed E-state index contributed by atoms with van der Waals surface area (Å²) >= 11 is 6.69. The molecule has 4 rings (SSSR count). The van der Waals surface area contributed by atoms with Crippen molar-refractivity contribution in [3.63, 3.8) is 0 Å². The second-order valence-corrected chi connectivity index (χ2v) is 8.30. The van der Waals surface area contributed by atoms with Crippen LogP contribution in [-0.4, -0.2) is 39.4 Å². The molecule has 2 heterocycles. The number of methoxy groups -OCH3 is 2. The van der Waals surface area contributed by atoms with Crippen molar-refractivity contribution >= 4 is 28.9 Å². The molecular weight excluding hydrogens is 468 g/mol. The Morgan fingerprint density at radius 3 is 2.69 bits per heavy atom. The first-order valence-electron chi connectivity index (χ1n) is 11.2. The quantitative estimate of drug-likeness (QED) is 0.178. The number of aromatic nitrogens is 4. The Labute approximate surface area is 208 Å². The SMILES string of the molecule is CCCn1c(-c2ccc(OCc3ccccc3/C(=C/OC)C(=O)OC)cc2C)c(Cl)n2ncnc12. The molecule has 0 aliphatic carbocycles. The number of aryl methyl sites for hydroxylation is 2. The van der Waals surface area contributed by atoms with Crippen molar-refractivity contribution in [3.8, 4) is 17.0 Å². The van der Waals surface area contributed by atoms with Crippen molar-refractivity contribution in [2.45, 2.75) is 33.4 Å². The summed E-state index contributed by atoms with van der Waals surface area (Å²) in [5, 5.41) is 4.78. The molecule has 0 saturated heterocycles. The average Bonchev–Trinajstić information content (AvgIpc) is 3.44. The predicted molar refractivity (Wildman–Crippen MR) is 134 cm³/mol. The van der Waals surface area contributed by atoms with E-state index in [-0.39, 0.29) is 6.61 Å².